The maximum Gasteiger partial charge on any atom is 0.263 e. The minimum Gasteiger partial charge on any atom is -0.347 e. The van der Waals surface area contributed by atoms with Crippen LogP contribution in [-0.2, 0) is 13.0 Å². The third-order valence-electron chi connectivity index (χ3n) is 4.19. The standard InChI is InChI=1S/C21H22N2OS/c1-4-16-9-11-18(12-10-16)21-23-15(3)19(25-21)20(24)22-13-17-7-5-14(2)6-8-17/h5-12H,4,13H2,1-3H3,(H,22,24). The SMILES string of the molecule is CCc1ccc(-c2nc(C)c(C(=O)NCc3ccc(C)cc3)s2)cc1. The fourth-order valence-electron chi connectivity index (χ4n) is 2.58. The highest BCUT2D eigenvalue weighted by atomic mass is 32.1. The number of carbonyl (C=O) groups excluding carboxylic acids is 1. The molecule has 0 radical (unpaired) electrons. The summed E-state index contributed by atoms with van der Waals surface area (Å²) in [6, 6.07) is 16.6. The normalized spacial score (nSPS) is 10.7. The molecule has 0 atom stereocenters. The van der Waals surface area contributed by atoms with Crippen molar-refractivity contribution < 1.29 is 4.79 Å². The lowest BCUT2D eigenvalue weighted by Gasteiger charge is -2.04. The third-order valence-corrected chi connectivity index (χ3v) is 5.39. The Morgan fingerprint density at radius 2 is 1.64 bits per heavy atom. The average molecular weight is 350 g/mol. The quantitative estimate of drug-likeness (QED) is 0.710. The molecule has 0 spiro atoms. The summed E-state index contributed by atoms with van der Waals surface area (Å²) in [5.41, 5.74) is 5.44. The van der Waals surface area contributed by atoms with Crippen molar-refractivity contribution in [2.45, 2.75) is 33.7 Å². The van der Waals surface area contributed by atoms with Crippen LogP contribution in [0.4, 0.5) is 0 Å². The number of aryl methyl sites for hydroxylation is 3. The minimum atomic E-state index is -0.0630. The van der Waals surface area contributed by atoms with E-state index in [0.717, 1.165) is 28.2 Å². The van der Waals surface area contributed by atoms with Crippen molar-refractivity contribution >= 4 is 17.2 Å². The second-order valence-electron chi connectivity index (χ2n) is 6.15. The predicted molar refractivity (Wildman–Crippen MR) is 104 cm³/mol. The molecule has 0 unspecified atom stereocenters. The summed E-state index contributed by atoms with van der Waals surface area (Å²) in [5.74, 6) is -0.0630. The predicted octanol–water partition coefficient (Wildman–Crippen LogP) is 4.92. The molecule has 3 aromatic rings. The molecule has 2 aromatic carbocycles. The van der Waals surface area contributed by atoms with Gasteiger partial charge in [-0.25, -0.2) is 4.98 Å². The van der Waals surface area contributed by atoms with Crippen molar-refractivity contribution in [2.75, 3.05) is 0 Å². The Hall–Kier alpha value is -2.46. The van der Waals surface area contributed by atoms with Gasteiger partial charge >= 0.3 is 0 Å². The number of nitrogens with one attached hydrogen (secondary N) is 1. The zero-order valence-electron chi connectivity index (χ0n) is 14.8. The Morgan fingerprint density at radius 3 is 2.28 bits per heavy atom. The summed E-state index contributed by atoms with van der Waals surface area (Å²) in [6.45, 7) is 6.61. The van der Waals surface area contributed by atoms with Crippen LogP contribution in [0.25, 0.3) is 10.6 Å². The Labute approximate surface area is 152 Å². The van der Waals surface area contributed by atoms with Crippen LogP contribution in [0.3, 0.4) is 0 Å². The van der Waals surface area contributed by atoms with Crippen LogP contribution in [0.5, 0.6) is 0 Å². The van der Waals surface area contributed by atoms with Crippen molar-refractivity contribution in [2.24, 2.45) is 0 Å². The summed E-state index contributed by atoms with van der Waals surface area (Å²) in [6.07, 6.45) is 1.02. The molecule has 0 fully saturated rings. The van der Waals surface area contributed by atoms with Crippen LogP contribution in [0, 0.1) is 13.8 Å². The van der Waals surface area contributed by atoms with E-state index in [9.17, 15) is 4.79 Å². The Kier molecular flexibility index (Phi) is 5.29. The second kappa shape index (κ2) is 7.62. The van der Waals surface area contributed by atoms with Gasteiger partial charge in [-0.05, 0) is 31.4 Å². The van der Waals surface area contributed by atoms with Gasteiger partial charge in [0.25, 0.3) is 5.91 Å². The lowest BCUT2D eigenvalue weighted by atomic mass is 10.1. The Morgan fingerprint density at radius 1 is 1.00 bits per heavy atom. The van der Waals surface area contributed by atoms with Crippen LogP contribution in [0.15, 0.2) is 48.5 Å². The van der Waals surface area contributed by atoms with E-state index in [1.807, 2.05) is 19.1 Å². The van der Waals surface area contributed by atoms with Crippen LogP contribution in [0.2, 0.25) is 0 Å². The van der Waals surface area contributed by atoms with Crippen molar-refractivity contribution in [3.8, 4) is 10.6 Å². The lowest BCUT2D eigenvalue weighted by molar-refractivity contribution is 0.0954. The number of nitrogens with zero attached hydrogens (tertiary/aromatic N) is 1. The van der Waals surface area contributed by atoms with E-state index in [2.05, 4.69) is 60.5 Å². The third kappa shape index (κ3) is 4.15. The van der Waals surface area contributed by atoms with Crippen LogP contribution >= 0.6 is 11.3 Å². The summed E-state index contributed by atoms with van der Waals surface area (Å²) in [5, 5.41) is 3.88. The van der Waals surface area contributed by atoms with E-state index in [4.69, 9.17) is 0 Å². The zero-order valence-corrected chi connectivity index (χ0v) is 15.6. The number of thiazole rings is 1. The fourth-order valence-corrected chi connectivity index (χ4v) is 3.57. The molecule has 0 saturated carbocycles. The molecule has 0 saturated heterocycles. The van der Waals surface area contributed by atoms with Gasteiger partial charge in [-0.1, -0.05) is 61.0 Å². The van der Waals surface area contributed by atoms with E-state index in [1.54, 1.807) is 0 Å². The first-order valence-corrected chi connectivity index (χ1v) is 9.29. The molecule has 1 N–H and O–H groups in total. The molecular weight excluding hydrogens is 328 g/mol. The van der Waals surface area contributed by atoms with Crippen molar-refractivity contribution in [3.05, 3.63) is 75.8 Å². The van der Waals surface area contributed by atoms with Gasteiger partial charge < -0.3 is 5.32 Å². The molecule has 1 amide bonds. The highest BCUT2D eigenvalue weighted by Crippen LogP contribution is 2.28. The van der Waals surface area contributed by atoms with E-state index in [1.165, 1.54) is 22.5 Å². The molecule has 25 heavy (non-hydrogen) atoms. The molecule has 0 aliphatic rings. The van der Waals surface area contributed by atoms with Gasteiger partial charge in [0, 0.05) is 12.1 Å². The van der Waals surface area contributed by atoms with E-state index in [0.29, 0.717) is 11.4 Å². The number of amides is 1. The summed E-state index contributed by atoms with van der Waals surface area (Å²) in [4.78, 5) is 17.8. The summed E-state index contributed by atoms with van der Waals surface area (Å²) >= 11 is 1.45. The molecule has 128 valence electrons. The van der Waals surface area contributed by atoms with Gasteiger partial charge in [-0.3, -0.25) is 4.79 Å². The van der Waals surface area contributed by atoms with Crippen LogP contribution in [0.1, 0.15) is 39.0 Å². The number of hydrogen-bond donors (Lipinski definition) is 1. The van der Waals surface area contributed by atoms with E-state index in [-0.39, 0.29) is 5.91 Å². The second-order valence-corrected chi connectivity index (χ2v) is 7.15. The molecule has 0 aliphatic heterocycles. The molecule has 3 nitrogen and oxygen atoms in total. The number of aromatic nitrogens is 1. The molecule has 1 heterocycles. The van der Waals surface area contributed by atoms with Crippen LogP contribution in [-0.4, -0.2) is 10.9 Å². The monoisotopic (exact) mass is 350 g/mol. The number of carbonyl (C=O) groups is 1. The fraction of sp³-hybridized carbons (Fsp3) is 0.238. The minimum absolute atomic E-state index is 0.0630. The van der Waals surface area contributed by atoms with Gasteiger partial charge in [0.15, 0.2) is 0 Å². The molecular formula is C21H22N2OS. The largest absolute Gasteiger partial charge is 0.347 e. The van der Waals surface area contributed by atoms with Gasteiger partial charge in [-0.2, -0.15) is 0 Å². The zero-order chi connectivity index (χ0) is 17.8. The lowest BCUT2D eigenvalue weighted by Crippen LogP contribution is -2.22. The Bertz CT molecular complexity index is 864. The average Bonchev–Trinajstić information content (AvgIpc) is 3.03. The highest BCUT2D eigenvalue weighted by molar-refractivity contribution is 7.17. The van der Waals surface area contributed by atoms with Gasteiger partial charge in [-0.15, -0.1) is 11.3 Å². The molecule has 0 aliphatic carbocycles. The van der Waals surface area contributed by atoms with Gasteiger partial charge in [0.2, 0.25) is 0 Å². The first-order chi connectivity index (χ1) is 12.1. The maximum absolute atomic E-state index is 12.5. The van der Waals surface area contributed by atoms with Crippen molar-refractivity contribution in [1.82, 2.24) is 10.3 Å². The topological polar surface area (TPSA) is 42.0 Å². The first kappa shape index (κ1) is 17.4. The first-order valence-electron chi connectivity index (χ1n) is 8.47. The van der Waals surface area contributed by atoms with Crippen LogP contribution < -0.4 is 5.32 Å². The number of hydrogen-bond acceptors (Lipinski definition) is 3. The summed E-state index contributed by atoms with van der Waals surface area (Å²) in [7, 11) is 0. The van der Waals surface area contributed by atoms with E-state index >= 15 is 0 Å². The van der Waals surface area contributed by atoms with Gasteiger partial charge in [0.1, 0.15) is 9.88 Å². The molecule has 4 heteroatoms. The maximum atomic E-state index is 12.5. The van der Waals surface area contributed by atoms with E-state index < -0.39 is 0 Å². The summed E-state index contributed by atoms with van der Waals surface area (Å²) < 4.78 is 0. The molecule has 1 aromatic heterocycles. The number of rotatable bonds is 5. The molecule has 0 bridgehead atoms. The number of benzene rings is 2. The van der Waals surface area contributed by atoms with Crippen molar-refractivity contribution in [3.63, 3.8) is 0 Å². The highest BCUT2D eigenvalue weighted by Gasteiger charge is 2.16. The smallest absolute Gasteiger partial charge is 0.263 e. The van der Waals surface area contributed by atoms with Gasteiger partial charge in [0.05, 0.1) is 5.69 Å². The molecule has 3 rings (SSSR count). The Balaban J connectivity index is 1.72. The van der Waals surface area contributed by atoms with Crippen molar-refractivity contribution in [1.29, 1.82) is 0 Å².